The van der Waals surface area contributed by atoms with E-state index >= 15 is 0 Å². The third-order valence-electron chi connectivity index (χ3n) is 2.69. The van der Waals surface area contributed by atoms with Gasteiger partial charge in [-0.3, -0.25) is 0 Å². The van der Waals surface area contributed by atoms with E-state index in [-0.39, 0.29) is 17.9 Å². The number of urea groups is 1. The number of anilines is 1. The molecule has 0 heterocycles. The van der Waals surface area contributed by atoms with E-state index in [1.807, 2.05) is 38.1 Å². The highest BCUT2D eigenvalue weighted by molar-refractivity contribution is 5.90. The van der Waals surface area contributed by atoms with Gasteiger partial charge in [-0.2, -0.15) is 0 Å². The van der Waals surface area contributed by atoms with Crippen LogP contribution in [-0.4, -0.2) is 23.1 Å². The summed E-state index contributed by atoms with van der Waals surface area (Å²) in [4.78, 5) is 11.8. The number of nitrogens with zero attached hydrogens (tertiary/aromatic N) is 1. The largest absolute Gasteiger partial charge is 0.409 e. The molecule has 1 rings (SSSR count). The van der Waals surface area contributed by atoms with Crippen LogP contribution in [-0.2, 0) is 0 Å². The highest BCUT2D eigenvalue weighted by Gasteiger charge is 2.12. The van der Waals surface area contributed by atoms with Gasteiger partial charge in [-0.1, -0.05) is 24.2 Å². The normalized spacial score (nSPS) is 12.8. The number of rotatable bonds is 5. The SMILES string of the molecule is CCC(CC(N)=NO)NC(=O)Nc1cccc(C)c1. The molecule has 1 aromatic carbocycles. The Morgan fingerprint density at radius 1 is 1.53 bits per heavy atom. The topological polar surface area (TPSA) is 99.7 Å². The molecule has 0 radical (unpaired) electrons. The summed E-state index contributed by atoms with van der Waals surface area (Å²) in [7, 11) is 0. The molecule has 0 saturated heterocycles. The van der Waals surface area contributed by atoms with Crippen molar-refractivity contribution in [1.29, 1.82) is 0 Å². The predicted molar refractivity (Wildman–Crippen MR) is 75.4 cm³/mol. The summed E-state index contributed by atoms with van der Waals surface area (Å²) >= 11 is 0. The van der Waals surface area contributed by atoms with Crippen molar-refractivity contribution in [1.82, 2.24) is 5.32 Å². The molecular formula is C13H20N4O2. The van der Waals surface area contributed by atoms with E-state index in [2.05, 4.69) is 15.8 Å². The number of nitrogens with two attached hydrogens (primary N) is 1. The Hall–Kier alpha value is -2.24. The van der Waals surface area contributed by atoms with Crippen LogP contribution in [0.1, 0.15) is 25.3 Å². The van der Waals surface area contributed by atoms with Gasteiger partial charge in [-0.15, -0.1) is 0 Å². The van der Waals surface area contributed by atoms with Crippen molar-refractivity contribution in [2.24, 2.45) is 10.9 Å². The first-order chi connectivity index (χ1) is 9.05. The maximum absolute atomic E-state index is 11.8. The first-order valence-electron chi connectivity index (χ1n) is 6.15. The van der Waals surface area contributed by atoms with Crippen LogP contribution in [0, 0.1) is 6.92 Å². The van der Waals surface area contributed by atoms with Gasteiger partial charge >= 0.3 is 6.03 Å². The third kappa shape index (κ3) is 5.29. The number of carbonyl (C=O) groups excluding carboxylic acids is 1. The van der Waals surface area contributed by atoms with Crippen LogP contribution < -0.4 is 16.4 Å². The zero-order chi connectivity index (χ0) is 14.3. The zero-order valence-electron chi connectivity index (χ0n) is 11.2. The maximum atomic E-state index is 11.8. The van der Waals surface area contributed by atoms with Crippen LogP contribution in [0.2, 0.25) is 0 Å². The first kappa shape index (κ1) is 14.8. The third-order valence-corrected chi connectivity index (χ3v) is 2.69. The Balaban J connectivity index is 2.54. The molecule has 0 aromatic heterocycles. The summed E-state index contributed by atoms with van der Waals surface area (Å²) in [6.45, 7) is 3.87. The molecule has 19 heavy (non-hydrogen) atoms. The van der Waals surface area contributed by atoms with Crippen molar-refractivity contribution in [3.05, 3.63) is 29.8 Å². The van der Waals surface area contributed by atoms with E-state index in [1.54, 1.807) is 0 Å². The van der Waals surface area contributed by atoms with Crippen LogP contribution in [0.5, 0.6) is 0 Å². The van der Waals surface area contributed by atoms with Gasteiger partial charge in [0.25, 0.3) is 0 Å². The van der Waals surface area contributed by atoms with Crippen molar-refractivity contribution in [3.63, 3.8) is 0 Å². The molecule has 0 fully saturated rings. The summed E-state index contributed by atoms with van der Waals surface area (Å²) in [5.41, 5.74) is 7.23. The number of amides is 2. The van der Waals surface area contributed by atoms with E-state index in [4.69, 9.17) is 10.9 Å². The van der Waals surface area contributed by atoms with Crippen molar-refractivity contribution < 1.29 is 10.0 Å². The average molecular weight is 264 g/mol. The number of hydrogen-bond donors (Lipinski definition) is 4. The molecule has 0 bridgehead atoms. The van der Waals surface area contributed by atoms with Crippen LogP contribution in [0.3, 0.4) is 0 Å². The number of hydrogen-bond acceptors (Lipinski definition) is 3. The van der Waals surface area contributed by atoms with Crippen molar-refractivity contribution in [2.45, 2.75) is 32.7 Å². The fourth-order valence-corrected chi connectivity index (χ4v) is 1.67. The Bertz CT molecular complexity index is 460. The summed E-state index contributed by atoms with van der Waals surface area (Å²) in [6, 6.07) is 7.06. The standard InChI is InChI=1S/C13H20N4O2/c1-3-10(8-12(14)17-19)15-13(18)16-11-6-4-5-9(2)7-11/h4-7,10,19H,3,8H2,1-2H3,(H2,14,17)(H2,15,16,18). The van der Waals surface area contributed by atoms with Crippen molar-refractivity contribution in [2.75, 3.05) is 5.32 Å². The summed E-state index contributed by atoms with van der Waals surface area (Å²) in [5, 5.41) is 16.9. The van der Waals surface area contributed by atoms with Gasteiger partial charge in [0.05, 0.1) is 0 Å². The number of amidine groups is 1. The van der Waals surface area contributed by atoms with Crippen LogP contribution >= 0.6 is 0 Å². The van der Waals surface area contributed by atoms with Gasteiger partial charge in [0.1, 0.15) is 5.84 Å². The summed E-state index contributed by atoms with van der Waals surface area (Å²) in [6.07, 6.45) is 1.01. The molecule has 1 unspecified atom stereocenters. The van der Waals surface area contributed by atoms with E-state index in [0.29, 0.717) is 12.8 Å². The fraction of sp³-hybridized carbons (Fsp3) is 0.385. The van der Waals surface area contributed by atoms with Gasteiger partial charge in [-0.25, -0.2) is 4.79 Å². The average Bonchev–Trinajstić information content (AvgIpc) is 2.37. The van der Waals surface area contributed by atoms with Gasteiger partial charge in [0.15, 0.2) is 0 Å². The molecule has 0 aliphatic carbocycles. The molecule has 2 amide bonds. The highest BCUT2D eigenvalue weighted by atomic mass is 16.4. The monoisotopic (exact) mass is 264 g/mol. The first-order valence-corrected chi connectivity index (χ1v) is 6.15. The summed E-state index contributed by atoms with van der Waals surface area (Å²) < 4.78 is 0. The Morgan fingerprint density at radius 3 is 2.84 bits per heavy atom. The van der Waals surface area contributed by atoms with Crippen molar-refractivity contribution in [3.8, 4) is 0 Å². The fourth-order valence-electron chi connectivity index (χ4n) is 1.67. The minimum Gasteiger partial charge on any atom is -0.409 e. The second-order valence-electron chi connectivity index (χ2n) is 4.37. The molecule has 0 spiro atoms. The van der Waals surface area contributed by atoms with Crippen molar-refractivity contribution >= 4 is 17.6 Å². The van der Waals surface area contributed by atoms with Crippen LogP contribution in [0.15, 0.2) is 29.4 Å². The molecule has 5 N–H and O–H groups in total. The lowest BCUT2D eigenvalue weighted by atomic mass is 10.1. The molecule has 1 aromatic rings. The second-order valence-corrected chi connectivity index (χ2v) is 4.37. The number of benzene rings is 1. The molecule has 1 atom stereocenters. The van der Waals surface area contributed by atoms with E-state index in [1.165, 1.54) is 0 Å². The lowest BCUT2D eigenvalue weighted by molar-refractivity contribution is 0.248. The molecular weight excluding hydrogens is 244 g/mol. The Morgan fingerprint density at radius 2 is 2.26 bits per heavy atom. The van der Waals surface area contributed by atoms with Gasteiger partial charge in [0.2, 0.25) is 0 Å². The lowest BCUT2D eigenvalue weighted by Crippen LogP contribution is -2.40. The number of oxime groups is 1. The van der Waals surface area contributed by atoms with Gasteiger partial charge in [0, 0.05) is 18.2 Å². The van der Waals surface area contributed by atoms with E-state index in [0.717, 1.165) is 11.3 Å². The maximum Gasteiger partial charge on any atom is 0.319 e. The Labute approximate surface area is 112 Å². The summed E-state index contributed by atoms with van der Waals surface area (Å²) in [5.74, 6) is 0.0997. The van der Waals surface area contributed by atoms with Crippen LogP contribution in [0.25, 0.3) is 0 Å². The quantitative estimate of drug-likeness (QED) is 0.283. The minimum atomic E-state index is -0.303. The number of aryl methyl sites for hydroxylation is 1. The molecule has 0 saturated carbocycles. The van der Waals surface area contributed by atoms with Gasteiger partial charge < -0.3 is 21.6 Å². The Kier molecular flexibility index (Phi) is 5.66. The molecule has 6 nitrogen and oxygen atoms in total. The second kappa shape index (κ2) is 7.25. The van der Waals surface area contributed by atoms with Gasteiger partial charge in [-0.05, 0) is 31.0 Å². The highest BCUT2D eigenvalue weighted by Crippen LogP contribution is 2.09. The van der Waals surface area contributed by atoms with E-state index < -0.39 is 0 Å². The smallest absolute Gasteiger partial charge is 0.319 e. The molecule has 0 aliphatic heterocycles. The number of carbonyl (C=O) groups is 1. The number of nitrogens with one attached hydrogen (secondary N) is 2. The zero-order valence-corrected chi connectivity index (χ0v) is 11.2. The molecule has 104 valence electrons. The minimum absolute atomic E-state index is 0.0997. The van der Waals surface area contributed by atoms with Crippen LogP contribution in [0.4, 0.5) is 10.5 Å². The predicted octanol–water partition coefficient (Wildman–Crippen LogP) is 2.03. The molecule has 0 aliphatic rings. The van der Waals surface area contributed by atoms with E-state index in [9.17, 15) is 4.79 Å². The molecule has 6 heteroatoms. The lowest BCUT2D eigenvalue weighted by Gasteiger charge is -2.16.